The number of carbonyl (C=O) groups excluding carboxylic acids is 3. The molecule has 0 heterocycles. The lowest BCUT2D eigenvalue weighted by molar-refractivity contribution is -0.142. The number of rotatable bonds is 8. The van der Waals surface area contributed by atoms with Gasteiger partial charge in [0.2, 0.25) is 0 Å². The summed E-state index contributed by atoms with van der Waals surface area (Å²) < 4.78 is 9.71. The molecule has 2 N–H and O–H groups in total. The van der Waals surface area contributed by atoms with Gasteiger partial charge in [0.25, 0.3) is 11.8 Å². The molecule has 2 aromatic carbocycles. The fraction of sp³-hybridized carbons (Fsp3) is 0.200. The van der Waals surface area contributed by atoms with Gasteiger partial charge in [0.05, 0.1) is 19.9 Å². The van der Waals surface area contributed by atoms with Crippen molar-refractivity contribution >= 4 is 24.0 Å². The second-order valence-electron chi connectivity index (χ2n) is 5.78. The lowest BCUT2D eigenvalue weighted by atomic mass is 10.1. The van der Waals surface area contributed by atoms with E-state index in [0.29, 0.717) is 11.3 Å². The Morgan fingerprint density at radius 2 is 1.86 bits per heavy atom. The van der Waals surface area contributed by atoms with E-state index in [9.17, 15) is 14.4 Å². The minimum Gasteiger partial charge on any atom is -0.482 e. The van der Waals surface area contributed by atoms with Crippen molar-refractivity contribution < 1.29 is 23.9 Å². The van der Waals surface area contributed by atoms with Crippen LogP contribution in [0.15, 0.2) is 53.6 Å². The molecule has 0 aliphatic heterocycles. The minimum absolute atomic E-state index is 0.172. The maximum absolute atomic E-state index is 12.0. The summed E-state index contributed by atoms with van der Waals surface area (Å²) in [5.41, 5.74) is 4.51. The quantitative estimate of drug-likeness (QED) is 0.407. The zero-order valence-corrected chi connectivity index (χ0v) is 15.6. The highest BCUT2D eigenvalue weighted by atomic mass is 16.6. The second kappa shape index (κ2) is 10.5. The van der Waals surface area contributed by atoms with Crippen molar-refractivity contribution in [2.45, 2.75) is 6.92 Å². The fourth-order valence-electron chi connectivity index (χ4n) is 2.12. The highest BCUT2D eigenvalue weighted by molar-refractivity contribution is 5.96. The van der Waals surface area contributed by atoms with Crippen molar-refractivity contribution in [1.29, 1.82) is 0 Å². The van der Waals surface area contributed by atoms with Crippen molar-refractivity contribution in [2.24, 2.45) is 5.10 Å². The lowest BCUT2D eigenvalue weighted by Gasteiger charge is -2.05. The van der Waals surface area contributed by atoms with Gasteiger partial charge in [-0.15, -0.1) is 0 Å². The van der Waals surface area contributed by atoms with Crippen LogP contribution in [-0.4, -0.2) is 44.3 Å². The molecule has 0 bridgehead atoms. The molecule has 0 saturated heterocycles. The molecule has 146 valence electrons. The molecule has 0 saturated carbocycles. The molecule has 0 aliphatic carbocycles. The van der Waals surface area contributed by atoms with Gasteiger partial charge < -0.3 is 14.8 Å². The third-order valence-corrected chi connectivity index (χ3v) is 3.56. The molecule has 0 spiro atoms. The molecule has 0 fully saturated rings. The molecule has 2 amide bonds. The van der Waals surface area contributed by atoms with E-state index in [2.05, 4.69) is 20.6 Å². The predicted molar refractivity (Wildman–Crippen MR) is 103 cm³/mol. The van der Waals surface area contributed by atoms with E-state index >= 15 is 0 Å². The molecule has 2 rings (SSSR count). The smallest absolute Gasteiger partial charge is 0.343 e. The topological polar surface area (TPSA) is 106 Å². The molecule has 0 aliphatic rings. The lowest BCUT2D eigenvalue weighted by Crippen LogP contribution is -2.34. The number of hydrazone groups is 1. The van der Waals surface area contributed by atoms with Crippen LogP contribution in [0.5, 0.6) is 5.75 Å². The van der Waals surface area contributed by atoms with E-state index in [4.69, 9.17) is 4.74 Å². The van der Waals surface area contributed by atoms with Crippen LogP contribution >= 0.6 is 0 Å². The van der Waals surface area contributed by atoms with Crippen LogP contribution < -0.4 is 15.5 Å². The molecular weight excluding hydrogens is 362 g/mol. The monoisotopic (exact) mass is 383 g/mol. The molecule has 0 unspecified atom stereocenters. The molecule has 8 nitrogen and oxygen atoms in total. The van der Waals surface area contributed by atoms with E-state index in [1.165, 1.54) is 13.3 Å². The number of esters is 1. The summed E-state index contributed by atoms with van der Waals surface area (Å²) in [6.07, 6.45) is 1.45. The van der Waals surface area contributed by atoms with Crippen LogP contribution in [0, 0.1) is 6.92 Å². The van der Waals surface area contributed by atoms with Crippen LogP contribution in [0.1, 0.15) is 21.5 Å². The molecular formula is C20H21N3O5. The molecule has 2 aromatic rings. The Bertz CT molecular complexity index is 862. The van der Waals surface area contributed by atoms with Crippen LogP contribution in [0.3, 0.4) is 0 Å². The third kappa shape index (κ3) is 6.91. The summed E-state index contributed by atoms with van der Waals surface area (Å²) in [6.45, 7) is 1.52. The minimum atomic E-state index is -0.470. The summed E-state index contributed by atoms with van der Waals surface area (Å²) in [6, 6.07) is 13.8. The standard InChI is InChI=1S/C20H21N3O5/c1-14-4-3-5-16(10-14)20(26)21-12-18(24)23-22-11-15-6-8-17(9-7-15)28-13-19(25)27-2/h3-11H,12-13H2,1-2H3,(H,21,26)(H,23,24). The van der Waals surface area contributed by atoms with Crippen LogP contribution in [0.4, 0.5) is 0 Å². The summed E-state index contributed by atoms with van der Waals surface area (Å²) in [7, 11) is 1.29. The normalized spacial score (nSPS) is 10.4. The van der Waals surface area contributed by atoms with Crippen molar-refractivity contribution in [3.63, 3.8) is 0 Å². The van der Waals surface area contributed by atoms with Crippen LogP contribution in [0.2, 0.25) is 0 Å². The SMILES string of the molecule is COC(=O)COc1ccc(C=NNC(=O)CNC(=O)c2cccc(C)c2)cc1. The third-order valence-electron chi connectivity index (χ3n) is 3.56. The Labute approximate surface area is 162 Å². The molecule has 0 radical (unpaired) electrons. The first-order chi connectivity index (χ1) is 13.5. The van der Waals surface area contributed by atoms with E-state index in [1.807, 2.05) is 13.0 Å². The van der Waals surface area contributed by atoms with Gasteiger partial charge >= 0.3 is 5.97 Å². The van der Waals surface area contributed by atoms with E-state index < -0.39 is 11.9 Å². The number of aryl methyl sites for hydroxylation is 1. The van der Waals surface area contributed by atoms with Gasteiger partial charge in [-0.25, -0.2) is 10.2 Å². The number of hydrogen-bond acceptors (Lipinski definition) is 6. The van der Waals surface area contributed by atoms with Gasteiger partial charge in [0.15, 0.2) is 6.61 Å². The Hall–Kier alpha value is -3.68. The first-order valence-electron chi connectivity index (χ1n) is 8.44. The van der Waals surface area contributed by atoms with Crippen molar-refractivity contribution in [3.8, 4) is 5.75 Å². The maximum Gasteiger partial charge on any atom is 0.343 e. The summed E-state index contributed by atoms with van der Waals surface area (Å²) in [5.74, 6) is -0.742. The van der Waals surface area contributed by atoms with Gasteiger partial charge in [-0.05, 0) is 48.9 Å². The molecule has 0 atom stereocenters. The average Bonchev–Trinajstić information content (AvgIpc) is 2.71. The zero-order valence-electron chi connectivity index (χ0n) is 15.6. The molecule has 8 heteroatoms. The number of amides is 2. The van der Waals surface area contributed by atoms with Gasteiger partial charge in [-0.2, -0.15) is 5.10 Å². The first-order valence-corrected chi connectivity index (χ1v) is 8.44. The summed E-state index contributed by atoms with van der Waals surface area (Å²) in [5, 5.41) is 6.36. The van der Waals surface area contributed by atoms with Gasteiger partial charge in [0.1, 0.15) is 5.75 Å². The van der Waals surface area contributed by atoms with E-state index in [0.717, 1.165) is 11.1 Å². The predicted octanol–water partition coefficient (Wildman–Crippen LogP) is 1.43. The fourth-order valence-corrected chi connectivity index (χ4v) is 2.12. The van der Waals surface area contributed by atoms with E-state index in [1.54, 1.807) is 42.5 Å². The largest absolute Gasteiger partial charge is 0.482 e. The second-order valence-corrected chi connectivity index (χ2v) is 5.78. The van der Waals surface area contributed by atoms with Crippen molar-refractivity contribution in [1.82, 2.24) is 10.7 Å². The molecule has 28 heavy (non-hydrogen) atoms. The van der Waals surface area contributed by atoms with Crippen molar-refractivity contribution in [2.75, 3.05) is 20.3 Å². The highest BCUT2D eigenvalue weighted by Gasteiger charge is 2.07. The van der Waals surface area contributed by atoms with Gasteiger partial charge in [-0.1, -0.05) is 17.7 Å². The highest BCUT2D eigenvalue weighted by Crippen LogP contribution is 2.11. The number of nitrogens with zero attached hydrogens (tertiary/aromatic N) is 1. The Morgan fingerprint density at radius 1 is 1.11 bits per heavy atom. The summed E-state index contributed by atoms with van der Waals surface area (Å²) >= 11 is 0. The molecule has 0 aromatic heterocycles. The Morgan fingerprint density at radius 3 is 2.54 bits per heavy atom. The number of benzene rings is 2. The Balaban J connectivity index is 1.75. The number of hydrogen-bond donors (Lipinski definition) is 2. The number of nitrogens with one attached hydrogen (secondary N) is 2. The summed E-state index contributed by atoms with van der Waals surface area (Å²) in [4.78, 5) is 34.8. The Kier molecular flexibility index (Phi) is 7.71. The van der Waals surface area contributed by atoms with Crippen molar-refractivity contribution in [3.05, 3.63) is 65.2 Å². The first kappa shape index (κ1) is 20.6. The van der Waals surface area contributed by atoms with E-state index in [-0.39, 0.29) is 19.1 Å². The van der Waals surface area contributed by atoms with Gasteiger partial charge in [-0.3, -0.25) is 9.59 Å². The average molecular weight is 383 g/mol. The number of ether oxygens (including phenoxy) is 2. The van der Waals surface area contributed by atoms with Gasteiger partial charge in [0, 0.05) is 5.56 Å². The maximum atomic E-state index is 12.0. The number of methoxy groups -OCH3 is 1. The van der Waals surface area contributed by atoms with Crippen LogP contribution in [0.25, 0.3) is 0 Å². The zero-order chi connectivity index (χ0) is 20.4. The number of carbonyl (C=O) groups is 3. The van der Waals surface area contributed by atoms with Crippen LogP contribution in [-0.2, 0) is 14.3 Å².